The predicted molar refractivity (Wildman–Crippen MR) is 104 cm³/mol. The molecule has 1 N–H and O–H groups in total. The Hall–Kier alpha value is -2.44. The first-order valence-electron chi connectivity index (χ1n) is 9.34. The molecule has 1 aliphatic rings. The normalized spacial score (nSPS) is 19.1. The van der Waals surface area contributed by atoms with E-state index in [1.54, 1.807) is 31.1 Å². The number of likely N-dealkylation sites (tertiary alicyclic amines) is 1. The SMILES string of the molecule is CCN(C)C(=O)C1CN(C(=O)NC(C)C)CC1c1cc(OC)ccc1OC. The van der Waals surface area contributed by atoms with E-state index in [1.165, 1.54) is 0 Å². The van der Waals surface area contributed by atoms with Crippen molar-refractivity contribution in [2.45, 2.75) is 32.7 Å². The van der Waals surface area contributed by atoms with Crippen molar-refractivity contribution < 1.29 is 19.1 Å². The molecule has 1 aromatic rings. The van der Waals surface area contributed by atoms with Crippen molar-refractivity contribution in [1.29, 1.82) is 0 Å². The van der Waals surface area contributed by atoms with E-state index in [0.717, 1.165) is 5.56 Å². The van der Waals surface area contributed by atoms with Crippen molar-refractivity contribution in [3.63, 3.8) is 0 Å². The molecule has 1 saturated heterocycles. The van der Waals surface area contributed by atoms with E-state index in [1.807, 2.05) is 39.0 Å². The number of urea groups is 1. The van der Waals surface area contributed by atoms with E-state index in [0.29, 0.717) is 31.1 Å². The van der Waals surface area contributed by atoms with Gasteiger partial charge in [0.15, 0.2) is 0 Å². The third-order valence-electron chi connectivity index (χ3n) is 5.02. The monoisotopic (exact) mass is 377 g/mol. The van der Waals surface area contributed by atoms with E-state index < -0.39 is 0 Å². The number of amides is 3. The van der Waals surface area contributed by atoms with Crippen molar-refractivity contribution in [2.24, 2.45) is 5.92 Å². The highest BCUT2D eigenvalue weighted by molar-refractivity contribution is 5.83. The van der Waals surface area contributed by atoms with E-state index >= 15 is 0 Å². The van der Waals surface area contributed by atoms with Gasteiger partial charge in [0.25, 0.3) is 0 Å². The van der Waals surface area contributed by atoms with Crippen LogP contribution in [0.15, 0.2) is 18.2 Å². The molecular weight excluding hydrogens is 346 g/mol. The lowest BCUT2D eigenvalue weighted by molar-refractivity contribution is -0.133. The van der Waals surface area contributed by atoms with Gasteiger partial charge in [-0.25, -0.2) is 4.79 Å². The Labute approximate surface area is 161 Å². The quantitative estimate of drug-likeness (QED) is 0.826. The first kappa shape index (κ1) is 20.9. The molecule has 27 heavy (non-hydrogen) atoms. The van der Waals surface area contributed by atoms with Crippen LogP contribution >= 0.6 is 0 Å². The van der Waals surface area contributed by atoms with Gasteiger partial charge >= 0.3 is 6.03 Å². The van der Waals surface area contributed by atoms with Gasteiger partial charge in [0.05, 0.1) is 20.1 Å². The van der Waals surface area contributed by atoms with Crippen molar-refractivity contribution >= 4 is 11.9 Å². The Morgan fingerprint density at radius 2 is 1.96 bits per heavy atom. The number of ether oxygens (including phenoxy) is 2. The highest BCUT2D eigenvalue weighted by Crippen LogP contribution is 2.40. The summed E-state index contributed by atoms with van der Waals surface area (Å²) in [5, 5.41) is 2.92. The average molecular weight is 377 g/mol. The summed E-state index contributed by atoms with van der Waals surface area (Å²) in [6, 6.07) is 5.47. The van der Waals surface area contributed by atoms with Gasteiger partial charge in [-0.05, 0) is 39.0 Å². The van der Waals surface area contributed by atoms with Crippen LogP contribution in [0.3, 0.4) is 0 Å². The van der Waals surface area contributed by atoms with Crippen LogP contribution in [0.1, 0.15) is 32.3 Å². The van der Waals surface area contributed by atoms with Crippen molar-refractivity contribution in [2.75, 3.05) is 40.9 Å². The van der Waals surface area contributed by atoms with E-state index in [4.69, 9.17) is 9.47 Å². The molecule has 3 amide bonds. The highest BCUT2D eigenvalue weighted by atomic mass is 16.5. The van der Waals surface area contributed by atoms with E-state index in [2.05, 4.69) is 5.32 Å². The molecule has 1 aliphatic heterocycles. The van der Waals surface area contributed by atoms with Crippen LogP contribution in [0.5, 0.6) is 11.5 Å². The standard InChI is InChI=1S/C20H31N3O4/c1-7-22(4)19(24)17-12-23(20(25)21-13(2)3)11-16(17)15-10-14(26-5)8-9-18(15)27-6/h8-10,13,16-17H,7,11-12H2,1-6H3,(H,21,25). The third kappa shape index (κ3) is 4.64. The molecule has 0 saturated carbocycles. The Bertz CT molecular complexity index is 677. The van der Waals surface area contributed by atoms with Crippen molar-refractivity contribution in [1.82, 2.24) is 15.1 Å². The Morgan fingerprint density at radius 3 is 2.52 bits per heavy atom. The first-order chi connectivity index (χ1) is 12.8. The fraction of sp³-hybridized carbons (Fsp3) is 0.600. The summed E-state index contributed by atoms with van der Waals surface area (Å²) in [6.45, 7) is 7.24. The average Bonchev–Trinajstić information content (AvgIpc) is 3.10. The largest absolute Gasteiger partial charge is 0.497 e. The predicted octanol–water partition coefficient (Wildman–Crippen LogP) is 2.32. The maximum absolute atomic E-state index is 13.0. The fourth-order valence-corrected chi connectivity index (χ4v) is 3.44. The zero-order chi connectivity index (χ0) is 20.1. The van der Waals surface area contributed by atoms with Crippen LogP contribution in [-0.2, 0) is 4.79 Å². The molecule has 7 heteroatoms. The molecule has 2 atom stereocenters. The fourth-order valence-electron chi connectivity index (χ4n) is 3.44. The lowest BCUT2D eigenvalue weighted by atomic mass is 9.87. The molecule has 1 aromatic carbocycles. The molecule has 1 fully saturated rings. The number of benzene rings is 1. The molecule has 7 nitrogen and oxygen atoms in total. The van der Waals surface area contributed by atoms with Gasteiger partial charge in [-0.2, -0.15) is 0 Å². The topological polar surface area (TPSA) is 71.1 Å². The second kappa shape index (κ2) is 8.97. The van der Waals surface area contributed by atoms with Gasteiger partial charge in [0.2, 0.25) is 5.91 Å². The van der Waals surface area contributed by atoms with Crippen LogP contribution in [0.4, 0.5) is 4.79 Å². The summed E-state index contributed by atoms with van der Waals surface area (Å²) in [5.74, 6) is 0.949. The van der Waals surface area contributed by atoms with Gasteiger partial charge in [-0.1, -0.05) is 0 Å². The molecule has 1 heterocycles. The maximum atomic E-state index is 13.0. The number of nitrogens with zero attached hydrogens (tertiary/aromatic N) is 2. The number of hydrogen-bond donors (Lipinski definition) is 1. The number of carbonyl (C=O) groups is 2. The lowest BCUT2D eigenvalue weighted by Gasteiger charge is -2.24. The third-order valence-corrected chi connectivity index (χ3v) is 5.02. The number of carbonyl (C=O) groups excluding carboxylic acids is 2. The van der Waals surface area contributed by atoms with Gasteiger partial charge in [0, 0.05) is 44.2 Å². The summed E-state index contributed by atoms with van der Waals surface area (Å²) in [6.07, 6.45) is 0. The summed E-state index contributed by atoms with van der Waals surface area (Å²) in [4.78, 5) is 29.0. The van der Waals surface area contributed by atoms with Gasteiger partial charge < -0.3 is 24.6 Å². The molecule has 0 spiro atoms. The molecule has 0 aliphatic carbocycles. The summed E-state index contributed by atoms with van der Waals surface area (Å²) in [7, 11) is 5.01. The number of nitrogens with one attached hydrogen (secondary N) is 1. The minimum Gasteiger partial charge on any atom is -0.497 e. The van der Waals surface area contributed by atoms with Crippen LogP contribution in [0, 0.1) is 5.92 Å². The van der Waals surface area contributed by atoms with Gasteiger partial charge in [0.1, 0.15) is 11.5 Å². The summed E-state index contributed by atoms with van der Waals surface area (Å²) >= 11 is 0. The highest BCUT2D eigenvalue weighted by Gasteiger charge is 2.42. The Morgan fingerprint density at radius 1 is 1.26 bits per heavy atom. The summed E-state index contributed by atoms with van der Waals surface area (Å²) in [5.41, 5.74) is 0.888. The zero-order valence-electron chi connectivity index (χ0n) is 17.1. The van der Waals surface area contributed by atoms with Gasteiger partial charge in [-0.15, -0.1) is 0 Å². The smallest absolute Gasteiger partial charge is 0.317 e. The lowest BCUT2D eigenvalue weighted by Crippen LogP contribution is -2.42. The minimum atomic E-state index is -0.325. The number of rotatable bonds is 6. The summed E-state index contributed by atoms with van der Waals surface area (Å²) < 4.78 is 10.9. The second-order valence-corrected chi connectivity index (χ2v) is 7.18. The Balaban J connectivity index is 2.40. The van der Waals surface area contributed by atoms with Gasteiger partial charge in [-0.3, -0.25) is 4.79 Å². The number of hydrogen-bond acceptors (Lipinski definition) is 4. The molecule has 2 rings (SSSR count). The van der Waals surface area contributed by atoms with E-state index in [-0.39, 0.29) is 29.8 Å². The molecule has 0 radical (unpaired) electrons. The van der Waals surface area contributed by atoms with Crippen LogP contribution in [0.25, 0.3) is 0 Å². The molecular formula is C20H31N3O4. The number of methoxy groups -OCH3 is 2. The minimum absolute atomic E-state index is 0.0345. The molecule has 150 valence electrons. The second-order valence-electron chi connectivity index (χ2n) is 7.18. The maximum Gasteiger partial charge on any atom is 0.317 e. The van der Waals surface area contributed by atoms with Crippen LogP contribution in [-0.4, -0.2) is 68.7 Å². The first-order valence-corrected chi connectivity index (χ1v) is 9.34. The van der Waals surface area contributed by atoms with Crippen molar-refractivity contribution in [3.05, 3.63) is 23.8 Å². The van der Waals surface area contributed by atoms with E-state index in [9.17, 15) is 9.59 Å². The van der Waals surface area contributed by atoms with Crippen LogP contribution < -0.4 is 14.8 Å². The van der Waals surface area contributed by atoms with Crippen LogP contribution in [0.2, 0.25) is 0 Å². The van der Waals surface area contributed by atoms with Crippen molar-refractivity contribution in [3.8, 4) is 11.5 Å². The molecule has 0 aromatic heterocycles. The molecule has 2 unspecified atom stereocenters. The Kier molecular flexibility index (Phi) is 6.93. The molecule has 0 bridgehead atoms. The zero-order valence-corrected chi connectivity index (χ0v) is 17.1.